The number of allylic oxidation sites excluding steroid dienone is 2. The van der Waals surface area contributed by atoms with Crippen molar-refractivity contribution in [3.8, 4) is 0 Å². The summed E-state index contributed by atoms with van der Waals surface area (Å²) in [6.45, 7) is 9.58. The van der Waals surface area contributed by atoms with Crippen LogP contribution in [-0.4, -0.2) is 43.5 Å². The van der Waals surface area contributed by atoms with Gasteiger partial charge in [-0.25, -0.2) is 0 Å². The summed E-state index contributed by atoms with van der Waals surface area (Å²) in [5.41, 5.74) is 1.67. The Bertz CT molecular complexity index is 236. The molecule has 0 aromatic rings. The Kier molecular flexibility index (Phi) is 3.84. The van der Waals surface area contributed by atoms with Crippen molar-refractivity contribution >= 4 is 43.5 Å². The predicted molar refractivity (Wildman–Crippen MR) is 63.6 cm³/mol. The molecule has 0 radical (unpaired) electrons. The molecule has 0 saturated heterocycles. The second kappa shape index (κ2) is 4.18. The van der Waals surface area contributed by atoms with Crippen LogP contribution in [0.2, 0.25) is 11.1 Å². The fourth-order valence-electron chi connectivity index (χ4n) is 3.32. The topological polar surface area (TPSA) is 0 Å². The van der Waals surface area contributed by atoms with E-state index in [1.807, 2.05) is 0 Å². The van der Waals surface area contributed by atoms with Gasteiger partial charge in [-0.3, -0.25) is 0 Å². The monoisotopic (exact) mass is 178 g/mol. The summed E-state index contributed by atoms with van der Waals surface area (Å²) in [5, 5.41) is 0. The number of hydrogen-bond acceptors (Lipinski definition) is 0. The molecule has 0 spiro atoms. The van der Waals surface area contributed by atoms with E-state index in [-0.39, 0.29) is 0 Å². The Morgan fingerprint density at radius 1 is 0.923 bits per heavy atom. The molecule has 0 amide bonds. The van der Waals surface area contributed by atoms with Gasteiger partial charge in [0.05, 0.1) is 0 Å². The maximum atomic E-state index is 2.40. The molecule has 13 heavy (non-hydrogen) atoms. The van der Waals surface area contributed by atoms with Crippen molar-refractivity contribution < 1.29 is 0 Å². The van der Waals surface area contributed by atoms with Crippen molar-refractivity contribution in [2.24, 2.45) is 0 Å². The van der Waals surface area contributed by atoms with Crippen molar-refractivity contribution in [3.05, 3.63) is 19.9 Å². The molecule has 0 atom stereocenters. The summed E-state index contributed by atoms with van der Waals surface area (Å²) < 4.78 is 3.35. The summed E-state index contributed by atoms with van der Waals surface area (Å²) >= 11 is 4.67. The fourth-order valence-corrected chi connectivity index (χ4v) is 9.64. The predicted octanol–water partition coefficient (Wildman–Crippen LogP) is 2.45. The van der Waals surface area contributed by atoms with E-state index in [0.29, 0.717) is 0 Å². The standard InChI is InChI=1S/C10H16Si.2Li/c1-9(2)11(10(3)4)7-5-6-8-11;;/h5-6,9-10H,1-4H3;;. The Balaban J connectivity index is 3.19. The number of hydrogen-bond donors (Lipinski definition) is 0. The molecule has 3 heteroatoms. The van der Waals surface area contributed by atoms with Crippen molar-refractivity contribution in [3.63, 3.8) is 0 Å². The molecule has 0 aromatic carbocycles. The van der Waals surface area contributed by atoms with Gasteiger partial charge in [0.15, 0.2) is 0 Å². The normalized spacial score (nSPS) is 21.1. The molecule has 0 nitrogen and oxygen atoms in total. The number of rotatable bonds is 2. The van der Waals surface area contributed by atoms with Crippen LogP contribution in [-0.2, 0) is 0 Å². The first-order valence-corrected chi connectivity index (χ1v) is 7.45. The molecule has 1 aliphatic heterocycles. The zero-order chi connectivity index (χ0) is 10.2. The molecule has 62 valence electrons. The van der Waals surface area contributed by atoms with Crippen LogP contribution >= 0.6 is 0 Å². The Labute approximate surface area is 102 Å². The van der Waals surface area contributed by atoms with Gasteiger partial charge in [0, 0.05) is 0 Å². The van der Waals surface area contributed by atoms with Crippen molar-refractivity contribution in [2.75, 3.05) is 0 Å². The molecular weight excluding hydrogens is 162 g/mol. The van der Waals surface area contributed by atoms with E-state index in [0.717, 1.165) is 11.1 Å². The molecule has 0 N–H and O–H groups in total. The van der Waals surface area contributed by atoms with Gasteiger partial charge in [-0.05, 0) is 0 Å². The Morgan fingerprint density at radius 3 is 1.38 bits per heavy atom. The van der Waals surface area contributed by atoms with E-state index in [1.165, 1.54) is 0 Å². The van der Waals surface area contributed by atoms with Crippen molar-refractivity contribution in [2.45, 2.75) is 38.8 Å². The first kappa shape index (κ1) is 12.0. The van der Waals surface area contributed by atoms with Crippen LogP contribution in [0.25, 0.3) is 0 Å². The Hall–Kier alpha value is 0.892. The summed E-state index contributed by atoms with van der Waals surface area (Å²) in [6.07, 6.45) is 4.70. The van der Waals surface area contributed by atoms with Crippen LogP contribution in [0, 0.1) is 0 Å². The molecule has 0 unspecified atom stereocenters. The van der Waals surface area contributed by atoms with Gasteiger partial charge in [-0.2, -0.15) is 0 Å². The van der Waals surface area contributed by atoms with E-state index >= 15 is 0 Å². The summed E-state index contributed by atoms with van der Waals surface area (Å²) in [6, 6.07) is 0. The zero-order valence-electron chi connectivity index (χ0n) is 9.81. The van der Waals surface area contributed by atoms with Gasteiger partial charge in [0.25, 0.3) is 0 Å². The summed E-state index contributed by atoms with van der Waals surface area (Å²) in [4.78, 5) is 0. The third kappa shape index (κ3) is 1.71. The molecule has 0 saturated carbocycles. The minimum absolute atomic E-state index is 0.836. The quantitative estimate of drug-likeness (QED) is 0.570. The van der Waals surface area contributed by atoms with E-state index in [2.05, 4.69) is 75.3 Å². The van der Waals surface area contributed by atoms with Crippen LogP contribution in [0.5, 0.6) is 0 Å². The molecule has 0 fully saturated rings. The molecule has 0 aromatic heterocycles. The Morgan fingerprint density at radius 2 is 1.23 bits per heavy atom. The molecule has 1 aliphatic rings. The van der Waals surface area contributed by atoms with Crippen LogP contribution in [0.15, 0.2) is 19.9 Å². The van der Waals surface area contributed by atoms with Crippen LogP contribution < -0.4 is 0 Å². The van der Waals surface area contributed by atoms with Gasteiger partial charge in [-0.1, -0.05) is 0 Å². The van der Waals surface area contributed by atoms with Gasteiger partial charge < -0.3 is 0 Å². The molecule has 0 bridgehead atoms. The third-order valence-corrected chi connectivity index (χ3v) is 10.3. The zero-order valence-corrected chi connectivity index (χ0v) is 10.8. The van der Waals surface area contributed by atoms with E-state index in [4.69, 9.17) is 0 Å². The van der Waals surface area contributed by atoms with Gasteiger partial charge in [-0.15, -0.1) is 0 Å². The summed E-state index contributed by atoms with van der Waals surface area (Å²) in [7, 11) is -1.27. The van der Waals surface area contributed by atoms with E-state index in [9.17, 15) is 0 Å². The average molecular weight is 178 g/mol. The van der Waals surface area contributed by atoms with E-state index < -0.39 is 8.07 Å². The van der Waals surface area contributed by atoms with Crippen molar-refractivity contribution in [1.82, 2.24) is 0 Å². The average Bonchev–Trinajstić information content (AvgIpc) is 2.27. The second-order valence-electron chi connectivity index (χ2n) is 4.88. The first-order valence-electron chi connectivity index (χ1n) is 5.30. The van der Waals surface area contributed by atoms with Crippen LogP contribution in [0.3, 0.4) is 0 Å². The molecular formula is C10H16Li2Si. The molecule has 1 rings (SSSR count). The van der Waals surface area contributed by atoms with Gasteiger partial charge >= 0.3 is 102 Å². The first-order chi connectivity index (χ1) is 5.94. The maximum absolute atomic E-state index is 2.40. The minimum atomic E-state index is -1.27. The van der Waals surface area contributed by atoms with Crippen LogP contribution in [0.1, 0.15) is 27.7 Å². The third-order valence-electron chi connectivity index (χ3n) is 3.71. The SMILES string of the molecule is [Li][C]1=CC=[C]([Li])[Si]1(C(C)C)C(C)C. The van der Waals surface area contributed by atoms with Gasteiger partial charge in [0.2, 0.25) is 0 Å². The molecule has 1 heterocycles. The summed E-state index contributed by atoms with van der Waals surface area (Å²) in [5.74, 6) is 0. The molecule has 0 aliphatic carbocycles. The second-order valence-corrected chi connectivity index (χ2v) is 10.5. The fraction of sp³-hybridized carbons (Fsp3) is 0.600. The van der Waals surface area contributed by atoms with Crippen molar-refractivity contribution in [1.29, 1.82) is 0 Å². The van der Waals surface area contributed by atoms with E-state index in [1.54, 1.807) is 7.74 Å². The van der Waals surface area contributed by atoms with Crippen LogP contribution in [0.4, 0.5) is 0 Å². The van der Waals surface area contributed by atoms with Gasteiger partial charge in [0.1, 0.15) is 0 Å².